The molecule has 3 nitrogen and oxygen atoms in total. The predicted molar refractivity (Wildman–Crippen MR) is 76.1 cm³/mol. The van der Waals surface area contributed by atoms with Crippen LogP contribution in [0.25, 0.3) is 10.4 Å². The molecule has 0 saturated heterocycles. The average molecular weight is 281 g/mol. The summed E-state index contributed by atoms with van der Waals surface area (Å²) in [7, 11) is -3.12. The molecule has 1 heterocycles. The van der Waals surface area contributed by atoms with Crippen molar-refractivity contribution in [2.24, 2.45) is 0 Å². The van der Waals surface area contributed by atoms with E-state index in [1.54, 1.807) is 18.3 Å². The number of hydrogen-bond acceptors (Lipinski definition) is 3. The normalized spacial score (nSPS) is 11.6. The van der Waals surface area contributed by atoms with E-state index < -0.39 is 10.0 Å². The van der Waals surface area contributed by atoms with E-state index in [9.17, 15) is 8.42 Å². The van der Waals surface area contributed by atoms with E-state index in [-0.39, 0.29) is 5.75 Å². The van der Waals surface area contributed by atoms with Crippen LogP contribution in [0.2, 0.25) is 0 Å². The fourth-order valence-corrected chi connectivity index (χ4v) is 3.14. The van der Waals surface area contributed by atoms with Gasteiger partial charge in [0.25, 0.3) is 0 Å². The van der Waals surface area contributed by atoms with Crippen LogP contribution in [-0.4, -0.2) is 14.2 Å². The lowest BCUT2D eigenvalue weighted by molar-refractivity contribution is 0.583. The van der Waals surface area contributed by atoms with Crippen LogP contribution >= 0.6 is 11.3 Å². The molecule has 18 heavy (non-hydrogen) atoms. The van der Waals surface area contributed by atoms with Crippen molar-refractivity contribution in [2.75, 3.05) is 5.75 Å². The zero-order chi connectivity index (χ0) is 13.0. The summed E-state index contributed by atoms with van der Waals surface area (Å²) >= 11 is 1.61. The van der Waals surface area contributed by atoms with Crippen LogP contribution < -0.4 is 4.72 Å². The van der Waals surface area contributed by atoms with Crippen LogP contribution in [-0.2, 0) is 16.6 Å². The Morgan fingerprint density at radius 1 is 1.11 bits per heavy atom. The molecule has 0 bridgehead atoms. The van der Waals surface area contributed by atoms with Gasteiger partial charge >= 0.3 is 0 Å². The summed E-state index contributed by atoms with van der Waals surface area (Å²) in [6.45, 7) is 2.00. The SMILES string of the molecule is CCS(=O)(=O)NCc1ccc(-c2ccccc2)s1. The Kier molecular flexibility index (Phi) is 4.16. The van der Waals surface area contributed by atoms with Gasteiger partial charge in [-0.3, -0.25) is 0 Å². The summed E-state index contributed by atoms with van der Waals surface area (Å²) in [6, 6.07) is 14.1. The van der Waals surface area contributed by atoms with Gasteiger partial charge in [-0.2, -0.15) is 0 Å². The molecular formula is C13H15NO2S2. The van der Waals surface area contributed by atoms with Crippen LogP contribution in [0, 0.1) is 0 Å². The van der Waals surface area contributed by atoms with Crippen molar-refractivity contribution in [3.63, 3.8) is 0 Å². The Balaban J connectivity index is 2.08. The average Bonchev–Trinajstić information content (AvgIpc) is 2.86. The molecule has 1 N–H and O–H groups in total. The molecule has 0 amide bonds. The zero-order valence-electron chi connectivity index (χ0n) is 10.1. The molecule has 2 aromatic rings. The van der Waals surface area contributed by atoms with E-state index >= 15 is 0 Å². The fraction of sp³-hybridized carbons (Fsp3) is 0.231. The van der Waals surface area contributed by atoms with E-state index in [2.05, 4.69) is 4.72 Å². The smallest absolute Gasteiger partial charge is 0.211 e. The topological polar surface area (TPSA) is 46.2 Å². The highest BCUT2D eigenvalue weighted by Gasteiger charge is 2.08. The van der Waals surface area contributed by atoms with Crippen molar-refractivity contribution in [1.82, 2.24) is 4.72 Å². The van der Waals surface area contributed by atoms with E-state index in [0.717, 1.165) is 15.3 Å². The first-order chi connectivity index (χ1) is 8.61. The summed E-state index contributed by atoms with van der Waals surface area (Å²) in [5.74, 6) is 0.115. The number of rotatable bonds is 5. The minimum atomic E-state index is -3.12. The zero-order valence-corrected chi connectivity index (χ0v) is 11.7. The predicted octanol–water partition coefficient (Wildman–Crippen LogP) is 2.85. The summed E-state index contributed by atoms with van der Waals surface area (Å²) in [5, 5.41) is 0. The lowest BCUT2D eigenvalue weighted by Crippen LogP contribution is -2.24. The minimum absolute atomic E-state index is 0.115. The minimum Gasteiger partial charge on any atom is -0.212 e. The molecule has 0 aliphatic heterocycles. The van der Waals surface area contributed by atoms with Gasteiger partial charge in [0.05, 0.1) is 5.75 Å². The molecule has 5 heteroatoms. The summed E-state index contributed by atoms with van der Waals surface area (Å²) < 4.78 is 25.3. The number of sulfonamides is 1. The number of thiophene rings is 1. The lowest BCUT2D eigenvalue weighted by atomic mass is 10.2. The van der Waals surface area contributed by atoms with Gasteiger partial charge in [0.15, 0.2) is 0 Å². The molecule has 0 radical (unpaired) electrons. The van der Waals surface area contributed by atoms with Crippen LogP contribution in [0.4, 0.5) is 0 Å². The molecule has 96 valence electrons. The van der Waals surface area contributed by atoms with E-state index in [0.29, 0.717) is 6.54 Å². The Labute approximate surface area is 112 Å². The highest BCUT2D eigenvalue weighted by Crippen LogP contribution is 2.27. The quantitative estimate of drug-likeness (QED) is 0.916. The molecule has 1 aromatic carbocycles. The highest BCUT2D eigenvalue weighted by atomic mass is 32.2. The first kappa shape index (κ1) is 13.3. The van der Waals surface area contributed by atoms with Crippen molar-refractivity contribution >= 4 is 21.4 Å². The molecule has 0 fully saturated rings. The Bertz CT molecular complexity index is 603. The molecule has 0 unspecified atom stereocenters. The summed E-state index contributed by atoms with van der Waals surface area (Å²) in [4.78, 5) is 2.17. The first-order valence-corrected chi connectivity index (χ1v) is 8.19. The second kappa shape index (κ2) is 5.65. The van der Waals surface area contributed by atoms with Gasteiger partial charge in [-0.15, -0.1) is 11.3 Å². The largest absolute Gasteiger partial charge is 0.212 e. The van der Waals surface area contributed by atoms with Crippen molar-refractivity contribution in [2.45, 2.75) is 13.5 Å². The molecular weight excluding hydrogens is 266 g/mol. The standard InChI is InChI=1S/C13H15NO2S2/c1-2-18(15,16)14-10-12-8-9-13(17-12)11-6-4-3-5-7-11/h3-9,14H,2,10H2,1H3. The van der Waals surface area contributed by atoms with Gasteiger partial charge in [0, 0.05) is 16.3 Å². The van der Waals surface area contributed by atoms with Crippen LogP contribution in [0.15, 0.2) is 42.5 Å². The van der Waals surface area contributed by atoms with Crippen molar-refractivity contribution in [1.29, 1.82) is 0 Å². The van der Waals surface area contributed by atoms with Crippen LogP contribution in [0.5, 0.6) is 0 Å². The van der Waals surface area contributed by atoms with Crippen molar-refractivity contribution < 1.29 is 8.42 Å². The van der Waals surface area contributed by atoms with Crippen molar-refractivity contribution in [3.8, 4) is 10.4 Å². The maximum Gasteiger partial charge on any atom is 0.211 e. The van der Waals surface area contributed by atoms with Crippen molar-refractivity contribution in [3.05, 3.63) is 47.3 Å². The number of benzene rings is 1. The van der Waals surface area contributed by atoms with Crippen LogP contribution in [0.1, 0.15) is 11.8 Å². The monoisotopic (exact) mass is 281 g/mol. The Hall–Kier alpha value is -1.17. The highest BCUT2D eigenvalue weighted by molar-refractivity contribution is 7.89. The van der Waals surface area contributed by atoms with Crippen LogP contribution in [0.3, 0.4) is 0 Å². The number of hydrogen-bond donors (Lipinski definition) is 1. The van der Waals surface area contributed by atoms with Gasteiger partial charge in [-0.1, -0.05) is 30.3 Å². The second-order valence-electron chi connectivity index (χ2n) is 3.86. The molecule has 1 aromatic heterocycles. The lowest BCUT2D eigenvalue weighted by Gasteiger charge is -2.01. The van der Waals surface area contributed by atoms with E-state index in [1.807, 2.05) is 42.5 Å². The van der Waals surface area contributed by atoms with Gasteiger partial charge in [-0.05, 0) is 24.6 Å². The van der Waals surface area contributed by atoms with Gasteiger partial charge in [-0.25, -0.2) is 13.1 Å². The Morgan fingerprint density at radius 2 is 1.83 bits per heavy atom. The first-order valence-electron chi connectivity index (χ1n) is 5.72. The maximum absolute atomic E-state index is 11.3. The van der Waals surface area contributed by atoms with Gasteiger partial charge in [0.1, 0.15) is 0 Å². The molecule has 0 saturated carbocycles. The molecule has 2 rings (SSSR count). The van der Waals surface area contributed by atoms with E-state index in [4.69, 9.17) is 0 Å². The van der Waals surface area contributed by atoms with Gasteiger partial charge < -0.3 is 0 Å². The third-order valence-corrected chi connectivity index (χ3v) is 5.04. The molecule has 0 atom stereocenters. The molecule has 0 spiro atoms. The summed E-state index contributed by atoms with van der Waals surface area (Å²) in [6.07, 6.45) is 0. The summed E-state index contributed by atoms with van der Waals surface area (Å²) in [5.41, 5.74) is 1.16. The second-order valence-corrected chi connectivity index (χ2v) is 7.12. The van der Waals surface area contributed by atoms with E-state index in [1.165, 1.54) is 0 Å². The third-order valence-electron chi connectivity index (χ3n) is 2.57. The fourth-order valence-electron chi connectivity index (χ4n) is 1.51. The third kappa shape index (κ3) is 3.41. The molecule has 0 aliphatic rings. The maximum atomic E-state index is 11.3. The Morgan fingerprint density at radius 3 is 2.50 bits per heavy atom. The molecule has 0 aliphatic carbocycles. The number of nitrogens with one attached hydrogen (secondary N) is 1. The van der Waals surface area contributed by atoms with Gasteiger partial charge in [0.2, 0.25) is 10.0 Å².